The van der Waals surface area contributed by atoms with Crippen molar-refractivity contribution in [2.45, 2.75) is 26.4 Å². The Morgan fingerprint density at radius 2 is 2.00 bits per heavy atom. The first-order chi connectivity index (χ1) is 12.2. The van der Waals surface area contributed by atoms with Gasteiger partial charge in [0.1, 0.15) is 11.7 Å². The van der Waals surface area contributed by atoms with Crippen molar-refractivity contribution < 1.29 is 14.3 Å². The lowest BCUT2D eigenvalue weighted by Crippen LogP contribution is -2.27. The Labute approximate surface area is 151 Å². The van der Waals surface area contributed by atoms with E-state index in [1.54, 1.807) is 37.5 Å². The third kappa shape index (κ3) is 4.02. The smallest absolute Gasteiger partial charge is 0.261 e. The van der Waals surface area contributed by atoms with Gasteiger partial charge in [0.25, 0.3) is 11.8 Å². The highest BCUT2D eigenvalue weighted by Gasteiger charge is 2.36. The molecule has 1 saturated heterocycles. The fourth-order valence-corrected chi connectivity index (χ4v) is 2.89. The predicted molar refractivity (Wildman–Crippen MR) is 98.8 cm³/mol. The number of nitrogens with two attached hydrogens (primary N) is 1. The van der Waals surface area contributed by atoms with Crippen molar-refractivity contribution in [3.63, 3.8) is 0 Å². The van der Waals surface area contributed by atoms with Gasteiger partial charge < -0.3 is 21.1 Å². The molecule has 2 aromatic rings. The number of aryl methyl sites for hydroxylation is 1. The topological polar surface area (TPSA) is 111 Å². The van der Waals surface area contributed by atoms with Crippen LogP contribution in [0, 0.1) is 5.41 Å². The number of rotatable bonds is 4. The number of amides is 2. The minimum absolute atomic E-state index is 0.00147. The molecule has 8 heteroatoms. The molecule has 138 valence electrons. The number of aromatic nitrogens is 2. The molecule has 1 atom stereocenters. The van der Waals surface area contributed by atoms with Crippen molar-refractivity contribution in [2.24, 2.45) is 12.5 Å². The van der Waals surface area contributed by atoms with Crippen molar-refractivity contribution in [3.8, 4) is 0 Å². The Balaban J connectivity index is 1.66. The second-order valence-electron chi connectivity index (χ2n) is 7.29. The zero-order valence-corrected chi connectivity index (χ0v) is 15.1. The Hall–Kier alpha value is -2.87. The van der Waals surface area contributed by atoms with Crippen LogP contribution in [0.4, 0.5) is 17.2 Å². The predicted octanol–water partition coefficient (Wildman–Crippen LogP) is 2.01. The molecule has 1 aromatic heterocycles. The van der Waals surface area contributed by atoms with Crippen molar-refractivity contribution >= 4 is 29.0 Å². The van der Waals surface area contributed by atoms with Crippen LogP contribution in [0.5, 0.6) is 0 Å². The molecule has 26 heavy (non-hydrogen) atoms. The summed E-state index contributed by atoms with van der Waals surface area (Å²) in [6, 6.07) is 6.92. The molecule has 1 fully saturated rings. The van der Waals surface area contributed by atoms with Gasteiger partial charge >= 0.3 is 0 Å². The summed E-state index contributed by atoms with van der Waals surface area (Å²) >= 11 is 0. The van der Waals surface area contributed by atoms with Crippen LogP contribution in [0.25, 0.3) is 0 Å². The summed E-state index contributed by atoms with van der Waals surface area (Å²) in [6.45, 7) is 4.70. The highest BCUT2D eigenvalue weighted by Crippen LogP contribution is 2.32. The third-order valence-corrected chi connectivity index (χ3v) is 4.20. The van der Waals surface area contributed by atoms with Crippen LogP contribution in [0.3, 0.4) is 0 Å². The Kier molecular flexibility index (Phi) is 4.69. The van der Waals surface area contributed by atoms with Crippen molar-refractivity contribution in [3.05, 3.63) is 36.0 Å². The first-order valence-corrected chi connectivity index (χ1v) is 8.36. The minimum atomic E-state index is -0.460. The molecule has 0 radical (unpaired) electrons. The van der Waals surface area contributed by atoms with Gasteiger partial charge in [-0.3, -0.25) is 14.3 Å². The van der Waals surface area contributed by atoms with Gasteiger partial charge in [-0.15, -0.1) is 0 Å². The van der Waals surface area contributed by atoms with Gasteiger partial charge in [-0.25, -0.2) is 0 Å². The van der Waals surface area contributed by atoms with Gasteiger partial charge in [0, 0.05) is 24.6 Å². The Bertz CT molecular complexity index is 843. The van der Waals surface area contributed by atoms with Crippen LogP contribution < -0.4 is 16.4 Å². The van der Waals surface area contributed by atoms with Crippen molar-refractivity contribution in [1.82, 2.24) is 9.78 Å². The van der Waals surface area contributed by atoms with E-state index in [4.69, 9.17) is 10.5 Å². The van der Waals surface area contributed by atoms with E-state index < -0.39 is 6.10 Å². The molecule has 2 amide bonds. The van der Waals surface area contributed by atoms with Crippen LogP contribution in [-0.2, 0) is 16.6 Å². The molecule has 3 rings (SSSR count). The number of hydrogen-bond donors (Lipinski definition) is 3. The summed E-state index contributed by atoms with van der Waals surface area (Å²) in [5, 5.41) is 9.54. The van der Waals surface area contributed by atoms with Gasteiger partial charge in [0.15, 0.2) is 5.82 Å². The quantitative estimate of drug-likeness (QED) is 0.775. The molecular formula is C18H23N5O3. The SMILES string of the molecule is Cn1cc(C(=O)Nc2cccc(NC(=O)C3CC(C)(C)CO3)c2)c(N)n1. The van der Waals surface area contributed by atoms with Gasteiger partial charge in [-0.2, -0.15) is 5.10 Å². The molecule has 1 aliphatic rings. The minimum Gasteiger partial charge on any atom is -0.382 e. The van der Waals surface area contributed by atoms with Crippen LogP contribution in [0.2, 0.25) is 0 Å². The zero-order valence-electron chi connectivity index (χ0n) is 15.1. The number of nitrogen functional groups attached to an aromatic ring is 1. The van der Waals surface area contributed by atoms with E-state index in [2.05, 4.69) is 29.6 Å². The highest BCUT2D eigenvalue weighted by molar-refractivity contribution is 6.07. The van der Waals surface area contributed by atoms with E-state index in [1.807, 2.05) is 0 Å². The van der Waals surface area contributed by atoms with E-state index >= 15 is 0 Å². The van der Waals surface area contributed by atoms with Crippen LogP contribution in [-0.4, -0.2) is 34.3 Å². The first-order valence-electron chi connectivity index (χ1n) is 8.36. The second kappa shape index (κ2) is 6.80. The lowest BCUT2D eigenvalue weighted by atomic mass is 9.90. The van der Waals surface area contributed by atoms with Gasteiger partial charge in [0.05, 0.1) is 6.61 Å². The molecule has 1 aromatic carbocycles. The number of benzene rings is 1. The van der Waals surface area contributed by atoms with E-state index in [-0.39, 0.29) is 23.0 Å². The van der Waals surface area contributed by atoms with Gasteiger partial charge in [-0.05, 0) is 30.0 Å². The number of nitrogens with zero attached hydrogens (tertiary/aromatic N) is 2. The molecule has 2 heterocycles. The number of carbonyl (C=O) groups is 2. The molecule has 0 bridgehead atoms. The largest absolute Gasteiger partial charge is 0.382 e. The summed E-state index contributed by atoms with van der Waals surface area (Å²) in [6.07, 6.45) is 1.77. The van der Waals surface area contributed by atoms with Crippen molar-refractivity contribution in [1.29, 1.82) is 0 Å². The average Bonchev–Trinajstić information content (AvgIpc) is 3.09. The molecular weight excluding hydrogens is 334 g/mol. The maximum Gasteiger partial charge on any atom is 0.261 e. The number of ether oxygens (including phenoxy) is 1. The fraction of sp³-hybridized carbons (Fsp3) is 0.389. The van der Waals surface area contributed by atoms with Crippen LogP contribution in [0.1, 0.15) is 30.6 Å². The standard InChI is InChI=1S/C18H23N5O3/c1-18(2)8-14(26-10-18)17(25)21-12-6-4-5-11(7-12)20-16(24)13-9-23(3)22-15(13)19/h4-7,9,14H,8,10H2,1-3H3,(H2,19,22)(H,20,24)(H,21,25). The van der Waals surface area contributed by atoms with Gasteiger partial charge in [-0.1, -0.05) is 19.9 Å². The van der Waals surface area contributed by atoms with Gasteiger partial charge in [0.2, 0.25) is 0 Å². The number of hydrogen-bond acceptors (Lipinski definition) is 5. The summed E-state index contributed by atoms with van der Waals surface area (Å²) in [7, 11) is 1.69. The maximum absolute atomic E-state index is 12.4. The summed E-state index contributed by atoms with van der Waals surface area (Å²) in [4.78, 5) is 24.7. The van der Waals surface area contributed by atoms with Crippen LogP contribution in [0.15, 0.2) is 30.5 Å². The number of anilines is 3. The summed E-state index contributed by atoms with van der Waals surface area (Å²) < 4.78 is 7.04. The molecule has 0 saturated carbocycles. The molecule has 1 aliphatic heterocycles. The highest BCUT2D eigenvalue weighted by atomic mass is 16.5. The Morgan fingerprint density at radius 3 is 2.58 bits per heavy atom. The lowest BCUT2D eigenvalue weighted by Gasteiger charge is -2.14. The fourth-order valence-electron chi connectivity index (χ4n) is 2.89. The van der Waals surface area contributed by atoms with E-state index in [1.165, 1.54) is 4.68 Å². The van der Waals surface area contributed by atoms with E-state index in [9.17, 15) is 9.59 Å². The molecule has 8 nitrogen and oxygen atoms in total. The monoisotopic (exact) mass is 357 g/mol. The normalized spacial score (nSPS) is 18.5. The van der Waals surface area contributed by atoms with E-state index in [0.29, 0.717) is 30.0 Å². The Morgan fingerprint density at radius 1 is 1.31 bits per heavy atom. The lowest BCUT2D eigenvalue weighted by molar-refractivity contribution is -0.124. The summed E-state index contributed by atoms with van der Waals surface area (Å²) in [5.74, 6) is -0.383. The second-order valence-corrected chi connectivity index (χ2v) is 7.29. The van der Waals surface area contributed by atoms with Crippen molar-refractivity contribution in [2.75, 3.05) is 23.0 Å². The average molecular weight is 357 g/mol. The van der Waals surface area contributed by atoms with E-state index in [0.717, 1.165) is 0 Å². The molecule has 4 N–H and O–H groups in total. The zero-order chi connectivity index (χ0) is 18.9. The summed E-state index contributed by atoms with van der Waals surface area (Å²) in [5.41, 5.74) is 7.14. The maximum atomic E-state index is 12.4. The molecule has 1 unspecified atom stereocenters. The number of nitrogens with one attached hydrogen (secondary N) is 2. The third-order valence-electron chi connectivity index (χ3n) is 4.20. The first kappa shape index (κ1) is 17.9. The molecule has 0 spiro atoms. The number of carbonyl (C=O) groups excluding carboxylic acids is 2. The molecule has 0 aliphatic carbocycles. The van der Waals surface area contributed by atoms with Crippen LogP contribution >= 0.6 is 0 Å².